The van der Waals surface area contributed by atoms with E-state index >= 15 is 0 Å². The Morgan fingerprint density at radius 1 is 0.758 bits per heavy atom. The van der Waals surface area contributed by atoms with Crippen molar-refractivity contribution >= 4 is 31.9 Å². The van der Waals surface area contributed by atoms with Crippen molar-refractivity contribution in [3.8, 4) is 5.75 Å². The van der Waals surface area contributed by atoms with Gasteiger partial charge in [-0.05, 0) is 77.0 Å². The zero-order chi connectivity index (χ0) is 23.5. The Bertz CT molecular complexity index is 661. The van der Waals surface area contributed by atoms with Gasteiger partial charge in [-0.2, -0.15) is 0 Å². The average molecular weight is 602 g/mol. The molecule has 33 heavy (non-hydrogen) atoms. The van der Waals surface area contributed by atoms with Gasteiger partial charge < -0.3 is 0 Å². The van der Waals surface area contributed by atoms with Crippen LogP contribution in [0.4, 0.5) is 0 Å². The van der Waals surface area contributed by atoms with Crippen LogP contribution in [0.1, 0.15) is 116 Å². The fourth-order valence-corrected chi connectivity index (χ4v) is 13.3. The van der Waals surface area contributed by atoms with Gasteiger partial charge in [0.2, 0.25) is 0 Å². The van der Waals surface area contributed by atoms with Crippen molar-refractivity contribution in [3.05, 3.63) is 29.8 Å². The van der Waals surface area contributed by atoms with Crippen molar-refractivity contribution in [2.75, 3.05) is 0 Å². The van der Waals surface area contributed by atoms with Gasteiger partial charge in [-0.3, -0.25) is 0 Å². The summed E-state index contributed by atoms with van der Waals surface area (Å²) in [6.07, 6.45) is 24.0. The van der Waals surface area contributed by atoms with Crippen molar-refractivity contribution in [2.24, 2.45) is 0 Å². The van der Waals surface area contributed by atoms with Gasteiger partial charge in [0, 0.05) is 7.92 Å². The van der Waals surface area contributed by atoms with Gasteiger partial charge in [-0.1, -0.05) is 19.3 Å². The van der Waals surface area contributed by atoms with E-state index in [-0.39, 0.29) is 14.0 Å². The number of para-hydroxylation sites is 1. The Balaban J connectivity index is 0.000000196. The second kappa shape index (κ2) is 15.6. The zero-order valence-corrected chi connectivity index (χ0v) is 25.1. The third-order valence-electron chi connectivity index (χ3n) is 7.70. The van der Waals surface area contributed by atoms with E-state index in [9.17, 15) is 0 Å². The van der Waals surface area contributed by atoms with E-state index in [2.05, 4.69) is 0 Å². The predicted octanol–water partition coefficient (Wildman–Crippen LogP) is 9.75. The number of benzene rings is 1. The van der Waals surface area contributed by atoms with Gasteiger partial charge in [0.05, 0.1) is 17.0 Å². The van der Waals surface area contributed by atoms with Gasteiger partial charge in [0.15, 0.2) is 0 Å². The zero-order valence-electron chi connectivity index (χ0n) is 20.8. The Hall–Kier alpha value is 0.523. The van der Waals surface area contributed by atoms with Crippen molar-refractivity contribution in [1.82, 2.24) is 0 Å². The molecule has 0 aromatic heterocycles. The quantitative estimate of drug-likeness (QED) is 0.233. The second-order valence-electron chi connectivity index (χ2n) is 10.5. The van der Waals surface area contributed by atoms with Crippen LogP contribution in [0.3, 0.4) is 0 Å². The third kappa shape index (κ3) is 9.83. The molecule has 0 N–H and O–H groups in total. The van der Waals surface area contributed by atoms with Crippen molar-refractivity contribution < 1.29 is 18.3 Å². The summed E-state index contributed by atoms with van der Waals surface area (Å²) in [5, 5.41) is 0. The fourth-order valence-electron chi connectivity index (χ4n) is 6.32. The van der Waals surface area contributed by atoms with E-state index < -0.39 is 13.5 Å². The predicted molar refractivity (Wildman–Crippen MR) is 148 cm³/mol. The summed E-state index contributed by atoms with van der Waals surface area (Å²) in [5.74, 6) is 0.850. The molecule has 3 saturated carbocycles. The molecule has 0 atom stereocenters. The van der Waals surface area contributed by atoms with Crippen LogP contribution in [0, 0.1) is 0 Å². The molecule has 1 nitrogen and oxygen atoms in total. The van der Waals surface area contributed by atoms with Gasteiger partial charge in [-0.25, -0.2) is 0 Å². The Morgan fingerprint density at radius 3 is 1.58 bits per heavy atom. The average Bonchev–Trinajstić information content (AvgIpc) is 2.83. The van der Waals surface area contributed by atoms with Gasteiger partial charge in [-0.15, -0.1) is 0 Å². The molecule has 0 bridgehead atoms. The van der Waals surface area contributed by atoms with Gasteiger partial charge >= 0.3 is 97.8 Å². The molecule has 3 aliphatic carbocycles. The SMILES string of the molecule is C1CCC([PH+](C2CCCCC2)C2CCCCC2)CC1.CC(C)Oc1ccccc1[CH]=[Ru]([Cl])[Cl]. The van der Waals surface area contributed by atoms with E-state index in [0.717, 1.165) is 11.3 Å². The molecule has 190 valence electrons. The summed E-state index contributed by atoms with van der Waals surface area (Å²) in [4.78, 5) is 0. The monoisotopic (exact) mass is 601 g/mol. The van der Waals surface area contributed by atoms with Crippen molar-refractivity contribution in [2.45, 2.75) is 133 Å². The first-order valence-electron chi connectivity index (χ1n) is 13.5. The molecule has 0 radical (unpaired) electrons. The first-order chi connectivity index (χ1) is 16.0. The summed E-state index contributed by atoms with van der Waals surface area (Å²) < 4.78 is 7.51. The molecule has 4 rings (SSSR count). The molecule has 1 aromatic rings. The summed E-state index contributed by atoms with van der Waals surface area (Å²) in [6.45, 7) is 3.99. The molecule has 0 spiro atoms. The summed E-state index contributed by atoms with van der Waals surface area (Å²) in [5.41, 5.74) is 4.67. The molecule has 0 heterocycles. The number of rotatable bonds is 6. The van der Waals surface area contributed by atoms with E-state index in [1.807, 2.05) is 42.7 Å². The molecular weight excluding hydrogens is 555 g/mol. The van der Waals surface area contributed by atoms with Crippen LogP contribution in [-0.4, -0.2) is 27.7 Å². The fraction of sp³-hybridized carbons (Fsp3) is 0.750. The summed E-state index contributed by atoms with van der Waals surface area (Å²) >= 11 is -1.77. The van der Waals surface area contributed by atoms with Crippen LogP contribution in [0.2, 0.25) is 0 Å². The van der Waals surface area contributed by atoms with Crippen LogP contribution >= 0.6 is 27.3 Å². The first-order valence-corrected chi connectivity index (χ1v) is 20.7. The van der Waals surface area contributed by atoms with E-state index in [0.29, 0.717) is 0 Å². The Labute approximate surface area is 218 Å². The van der Waals surface area contributed by atoms with Crippen LogP contribution in [0.5, 0.6) is 5.75 Å². The van der Waals surface area contributed by atoms with E-state index in [4.69, 9.17) is 24.1 Å². The normalized spacial score (nSPS) is 21.5. The summed E-state index contributed by atoms with van der Waals surface area (Å²) in [7, 11) is 11.6. The molecule has 0 saturated heterocycles. The molecule has 0 amide bonds. The van der Waals surface area contributed by atoms with Gasteiger partial charge in [0.1, 0.15) is 0 Å². The Kier molecular flexibility index (Phi) is 13.3. The summed E-state index contributed by atoms with van der Waals surface area (Å²) in [6, 6.07) is 7.78. The number of ether oxygens (including phenoxy) is 1. The minimum atomic E-state index is -1.77. The van der Waals surface area contributed by atoms with Crippen LogP contribution in [0.15, 0.2) is 24.3 Å². The molecule has 3 fully saturated rings. The van der Waals surface area contributed by atoms with Crippen LogP contribution in [-0.2, 0) is 13.5 Å². The number of halogens is 2. The number of hydrogen-bond acceptors (Lipinski definition) is 1. The van der Waals surface area contributed by atoms with Crippen LogP contribution < -0.4 is 4.74 Å². The van der Waals surface area contributed by atoms with Crippen LogP contribution in [0.25, 0.3) is 0 Å². The van der Waals surface area contributed by atoms with E-state index in [1.54, 1.807) is 96.3 Å². The molecular formula is C28H46Cl2OPRu+. The van der Waals surface area contributed by atoms with E-state index in [1.165, 1.54) is 17.0 Å². The Morgan fingerprint density at radius 2 is 1.18 bits per heavy atom. The molecule has 0 aliphatic heterocycles. The third-order valence-corrected chi connectivity index (χ3v) is 14.1. The standard InChI is InChI=1S/C18H33P.C10H12O.2ClH.Ru/c1-4-10-16(11-5-1)19(17-12-6-2-7-13-17)18-14-8-3-9-15-18;1-8(2)11-10-7-5-4-6-9(10)3;;;/h16-18H,1-15H2;3-8H,1-2H3;2*1H;/q;;;;+2/p-1. The van der Waals surface area contributed by atoms with Gasteiger partial charge in [0.25, 0.3) is 0 Å². The molecule has 0 unspecified atom stereocenters. The maximum atomic E-state index is 5.82. The molecule has 1 aromatic carbocycles. The maximum absolute atomic E-state index is 5.82. The topological polar surface area (TPSA) is 9.23 Å². The molecule has 5 heteroatoms. The minimum absolute atomic E-state index is 0.0465. The van der Waals surface area contributed by atoms with Crippen molar-refractivity contribution in [1.29, 1.82) is 0 Å². The van der Waals surface area contributed by atoms with Crippen molar-refractivity contribution in [3.63, 3.8) is 0 Å². The molecule has 3 aliphatic rings. The number of hydrogen-bond donors (Lipinski definition) is 0. The first kappa shape index (κ1) is 28.1. The second-order valence-corrected chi connectivity index (χ2v) is 19.7.